The molecule has 64 valence electrons. The first-order chi connectivity index (χ1) is 5.40. The molecule has 0 amide bonds. The van der Waals surface area contributed by atoms with Gasteiger partial charge in [-0.2, -0.15) is 0 Å². The average Bonchev–Trinajstić information content (AvgIpc) is 2.68. The van der Waals surface area contributed by atoms with Crippen molar-refractivity contribution in [3.8, 4) is 0 Å². The van der Waals surface area contributed by atoms with Gasteiger partial charge in [0.1, 0.15) is 0 Å². The summed E-state index contributed by atoms with van der Waals surface area (Å²) in [7, 11) is 0. The van der Waals surface area contributed by atoms with Crippen LogP contribution < -0.4 is 0 Å². The zero-order chi connectivity index (χ0) is 7.68. The second kappa shape index (κ2) is 3.32. The van der Waals surface area contributed by atoms with Gasteiger partial charge < -0.3 is 0 Å². The Hall–Kier alpha value is 0.250. The van der Waals surface area contributed by atoms with Crippen LogP contribution in [0.5, 0.6) is 0 Å². The third-order valence-corrected chi connectivity index (χ3v) is 3.22. The van der Waals surface area contributed by atoms with Gasteiger partial charge in [0.25, 0.3) is 0 Å². The lowest BCUT2D eigenvalue weighted by Crippen LogP contribution is -2.32. The standard InChI is InChI=1S/C9H16ClN/c10-6-9-2-1-5-11(9)7-8-3-4-8/h8-9H,1-7H2/t9-/m1/s1. The summed E-state index contributed by atoms with van der Waals surface area (Å²) in [6.07, 6.45) is 5.62. The fourth-order valence-corrected chi connectivity index (χ4v) is 2.29. The van der Waals surface area contributed by atoms with Gasteiger partial charge >= 0.3 is 0 Å². The minimum atomic E-state index is 0.706. The van der Waals surface area contributed by atoms with Crippen LogP contribution >= 0.6 is 11.6 Å². The summed E-state index contributed by atoms with van der Waals surface area (Å²) in [5.74, 6) is 1.87. The van der Waals surface area contributed by atoms with Crippen molar-refractivity contribution in [3.63, 3.8) is 0 Å². The summed E-state index contributed by atoms with van der Waals surface area (Å²) in [5.41, 5.74) is 0. The predicted molar refractivity (Wildman–Crippen MR) is 48.0 cm³/mol. The van der Waals surface area contributed by atoms with Gasteiger partial charge in [0.05, 0.1) is 0 Å². The third-order valence-electron chi connectivity index (χ3n) is 2.87. The molecule has 0 unspecified atom stereocenters. The minimum Gasteiger partial charge on any atom is -0.299 e. The molecule has 0 spiro atoms. The van der Waals surface area contributed by atoms with E-state index in [9.17, 15) is 0 Å². The van der Waals surface area contributed by atoms with E-state index in [2.05, 4.69) is 4.90 Å². The summed E-state index contributed by atoms with van der Waals surface area (Å²) in [5, 5.41) is 0. The molecular weight excluding hydrogens is 158 g/mol. The maximum absolute atomic E-state index is 5.86. The molecule has 0 aromatic rings. The molecule has 0 bridgehead atoms. The van der Waals surface area contributed by atoms with Crippen molar-refractivity contribution in [2.24, 2.45) is 5.92 Å². The lowest BCUT2D eigenvalue weighted by atomic mass is 10.2. The van der Waals surface area contributed by atoms with E-state index in [1.54, 1.807) is 0 Å². The average molecular weight is 174 g/mol. The summed E-state index contributed by atoms with van der Waals surface area (Å²) in [4.78, 5) is 2.59. The van der Waals surface area contributed by atoms with Crippen molar-refractivity contribution >= 4 is 11.6 Å². The molecular formula is C9H16ClN. The Bertz CT molecular complexity index is 134. The number of likely N-dealkylation sites (tertiary alicyclic amines) is 1. The van der Waals surface area contributed by atoms with Gasteiger partial charge in [-0.25, -0.2) is 0 Å². The van der Waals surface area contributed by atoms with Gasteiger partial charge in [-0.15, -0.1) is 11.6 Å². The highest BCUT2D eigenvalue weighted by Crippen LogP contribution is 2.32. The van der Waals surface area contributed by atoms with Gasteiger partial charge in [0, 0.05) is 18.5 Å². The van der Waals surface area contributed by atoms with Crippen molar-refractivity contribution in [2.45, 2.75) is 31.7 Å². The Labute approximate surface area is 73.7 Å². The molecule has 1 saturated carbocycles. The number of halogens is 1. The lowest BCUT2D eigenvalue weighted by Gasteiger charge is -2.21. The second-order valence-electron chi connectivity index (χ2n) is 3.89. The van der Waals surface area contributed by atoms with Gasteiger partial charge in [0.15, 0.2) is 0 Å². The predicted octanol–water partition coefficient (Wildman–Crippen LogP) is 2.10. The molecule has 0 aromatic heterocycles. The Balaban J connectivity index is 1.79. The largest absolute Gasteiger partial charge is 0.299 e. The first-order valence-electron chi connectivity index (χ1n) is 4.70. The summed E-state index contributed by atoms with van der Waals surface area (Å²) >= 11 is 5.86. The maximum Gasteiger partial charge on any atom is 0.0379 e. The lowest BCUT2D eigenvalue weighted by molar-refractivity contribution is 0.260. The van der Waals surface area contributed by atoms with Crippen molar-refractivity contribution < 1.29 is 0 Å². The molecule has 1 heterocycles. The number of nitrogens with zero attached hydrogens (tertiary/aromatic N) is 1. The quantitative estimate of drug-likeness (QED) is 0.591. The highest BCUT2D eigenvalue weighted by atomic mass is 35.5. The highest BCUT2D eigenvalue weighted by molar-refractivity contribution is 6.18. The van der Waals surface area contributed by atoms with Gasteiger partial charge in [-0.1, -0.05) is 0 Å². The summed E-state index contributed by atoms with van der Waals surface area (Å²) < 4.78 is 0. The molecule has 2 aliphatic rings. The van der Waals surface area contributed by atoms with Crippen LogP contribution in [0.25, 0.3) is 0 Å². The van der Waals surface area contributed by atoms with Crippen LogP contribution in [0.2, 0.25) is 0 Å². The molecule has 1 aliphatic carbocycles. The van der Waals surface area contributed by atoms with Crippen molar-refractivity contribution in [2.75, 3.05) is 19.0 Å². The van der Waals surface area contributed by atoms with Crippen LogP contribution in [0.4, 0.5) is 0 Å². The Morgan fingerprint density at radius 1 is 1.27 bits per heavy atom. The molecule has 1 nitrogen and oxygen atoms in total. The van der Waals surface area contributed by atoms with Crippen molar-refractivity contribution in [1.82, 2.24) is 4.90 Å². The monoisotopic (exact) mass is 173 g/mol. The molecule has 0 aromatic carbocycles. The van der Waals surface area contributed by atoms with Crippen molar-refractivity contribution in [3.05, 3.63) is 0 Å². The molecule has 1 aliphatic heterocycles. The van der Waals surface area contributed by atoms with Gasteiger partial charge in [-0.3, -0.25) is 4.90 Å². The molecule has 2 rings (SSSR count). The van der Waals surface area contributed by atoms with Crippen LogP contribution in [-0.2, 0) is 0 Å². The zero-order valence-corrected chi connectivity index (χ0v) is 7.69. The van der Waals surface area contributed by atoms with E-state index in [0.29, 0.717) is 6.04 Å². The van der Waals surface area contributed by atoms with E-state index in [0.717, 1.165) is 11.8 Å². The molecule has 1 saturated heterocycles. The van der Waals surface area contributed by atoms with Gasteiger partial charge in [0.2, 0.25) is 0 Å². The minimum absolute atomic E-state index is 0.706. The molecule has 2 fully saturated rings. The number of rotatable bonds is 3. The van der Waals surface area contributed by atoms with E-state index in [4.69, 9.17) is 11.6 Å². The van der Waals surface area contributed by atoms with E-state index in [1.807, 2.05) is 0 Å². The van der Waals surface area contributed by atoms with E-state index < -0.39 is 0 Å². The molecule has 2 heteroatoms. The van der Waals surface area contributed by atoms with Crippen molar-refractivity contribution in [1.29, 1.82) is 0 Å². The van der Waals surface area contributed by atoms with Crippen LogP contribution in [0.1, 0.15) is 25.7 Å². The second-order valence-corrected chi connectivity index (χ2v) is 4.20. The van der Waals surface area contributed by atoms with Crippen LogP contribution in [0, 0.1) is 5.92 Å². The fourth-order valence-electron chi connectivity index (χ4n) is 1.94. The first kappa shape index (κ1) is 7.88. The first-order valence-corrected chi connectivity index (χ1v) is 5.23. The maximum atomic E-state index is 5.86. The SMILES string of the molecule is ClC[C@H]1CCCN1CC1CC1. The van der Waals surface area contributed by atoms with E-state index in [-0.39, 0.29) is 0 Å². The Morgan fingerprint density at radius 3 is 2.73 bits per heavy atom. The molecule has 0 N–H and O–H groups in total. The normalized spacial score (nSPS) is 33.0. The van der Waals surface area contributed by atoms with E-state index in [1.165, 1.54) is 38.8 Å². The molecule has 11 heavy (non-hydrogen) atoms. The van der Waals surface area contributed by atoms with E-state index >= 15 is 0 Å². The summed E-state index contributed by atoms with van der Waals surface area (Å²) in [6, 6.07) is 0.706. The van der Waals surface area contributed by atoms with Gasteiger partial charge in [-0.05, 0) is 38.1 Å². The topological polar surface area (TPSA) is 3.24 Å². The number of hydrogen-bond acceptors (Lipinski definition) is 1. The smallest absolute Gasteiger partial charge is 0.0379 e. The Kier molecular flexibility index (Phi) is 2.38. The molecule has 1 atom stereocenters. The number of alkyl halides is 1. The van der Waals surface area contributed by atoms with Crippen LogP contribution in [-0.4, -0.2) is 29.9 Å². The summed E-state index contributed by atoms with van der Waals surface area (Å²) in [6.45, 7) is 2.63. The number of hydrogen-bond donors (Lipinski definition) is 0. The zero-order valence-electron chi connectivity index (χ0n) is 6.93. The highest BCUT2D eigenvalue weighted by Gasteiger charge is 2.30. The third kappa shape index (κ3) is 1.88. The van der Waals surface area contributed by atoms with Crippen LogP contribution in [0.15, 0.2) is 0 Å². The van der Waals surface area contributed by atoms with Crippen LogP contribution in [0.3, 0.4) is 0 Å². The molecule has 0 radical (unpaired) electrons. The fraction of sp³-hybridized carbons (Fsp3) is 1.00. The Morgan fingerprint density at radius 2 is 2.09 bits per heavy atom.